The molecule has 0 fully saturated rings. The van der Waals surface area contributed by atoms with Gasteiger partial charge in [-0.2, -0.15) is 0 Å². The Morgan fingerprint density at radius 2 is 2.25 bits per heavy atom. The van der Waals surface area contributed by atoms with Crippen LogP contribution in [0.2, 0.25) is 5.02 Å². The van der Waals surface area contributed by atoms with Gasteiger partial charge < -0.3 is 10.2 Å². The number of anilines is 1. The fourth-order valence-corrected chi connectivity index (χ4v) is 1.85. The van der Waals surface area contributed by atoms with Gasteiger partial charge in [-0.15, -0.1) is 0 Å². The Morgan fingerprint density at radius 3 is 2.94 bits per heavy atom. The van der Waals surface area contributed by atoms with Gasteiger partial charge in [-0.1, -0.05) is 11.6 Å². The van der Waals surface area contributed by atoms with Gasteiger partial charge in [0.1, 0.15) is 12.4 Å². The third-order valence-corrected chi connectivity index (χ3v) is 2.79. The molecular weight excluding hydrogens is 226 g/mol. The van der Waals surface area contributed by atoms with Gasteiger partial charge in [0.05, 0.1) is 5.69 Å². The van der Waals surface area contributed by atoms with E-state index in [1.165, 1.54) is 0 Å². The predicted octanol–water partition coefficient (Wildman–Crippen LogP) is 1.28. The number of nitrogens with one attached hydrogen (secondary N) is 1. The number of benzodiazepines with no additional fused rings is 1. The van der Waals surface area contributed by atoms with Crippen LogP contribution in [-0.4, -0.2) is 32.4 Å². The van der Waals surface area contributed by atoms with Crippen LogP contribution in [0, 0.1) is 0 Å². The number of carbonyl (C=O) groups excluding carboxylic acids is 1. The van der Waals surface area contributed by atoms with Crippen molar-refractivity contribution in [3.63, 3.8) is 0 Å². The van der Waals surface area contributed by atoms with E-state index < -0.39 is 0 Å². The maximum Gasteiger partial charge on any atom is 0.248 e. The highest BCUT2D eigenvalue weighted by Gasteiger charge is 2.20. The van der Waals surface area contributed by atoms with Crippen molar-refractivity contribution in [3.05, 3.63) is 28.8 Å². The van der Waals surface area contributed by atoms with Gasteiger partial charge in [0.25, 0.3) is 0 Å². The van der Waals surface area contributed by atoms with Gasteiger partial charge in [0.2, 0.25) is 5.91 Å². The maximum absolute atomic E-state index is 11.7. The second-order valence-corrected chi connectivity index (χ2v) is 3.97. The second kappa shape index (κ2) is 4.14. The molecule has 1 aliphatic rings. The number of amides is 1. The molecule has 1 aromatic rings. The van der Waals surface area contributed by atoms with Gasteiger partial charge in [0.15, 0.2) is 0 Å². The van der Waals surface area contributed by atoms with E-state index in [1.807, 2.05) is 6.07 Å². The zero-order valence-corrected chi connectivity index (χ0v) is 9.88. The molecule has 1 aromatic carbocycles. The van der Waals surface area contributed by atoms with Gasteiger partial charge >= 0.3 is 0 Å². The first-order valence-corrected chi connectivity index (χ1v) is 5.30. The Hall–Kier alpha value is -1.55. The van der Waals surface area contributed by atoms with Gasteiger partial charge in [-0.05, 0) is 18.2 Å². The molecule has 0 unspecified atom stereocenters. The highest BCUT2D eigenvalue weighted by atomic mass is 35.5. The highest BCUT2D eigenvalue weighted by molar-refractivity contribution is 6.31. The van der Waals surface area contributed by atoms with E-state index in [-0.39, 0.29) is 12.5 Å². The van der Waals surface area contributed by atoms with Crippen molar-refractivity contribution in [1.29, 1.82) is 0 Å². The van der Waals surface area contributed by atoms with E-state index in [1.54, 1.807) is 31.1 Å². The first kappa shape index (κ1) is 11.0. The largest absolute Gasteiger partial charge is 0.373 e. The number of likely N-dealkylation sites (N-methyl/N-ethyl adjacent to an activating group) is 1. The molecule has 0 spiro atoms. The average molecular weight is 238 g/mol. The summed E-state index contributed by atoms with van der Waals surface area (Å²) in [4.78, 5) is 17.5. The molecule has 0 radical (unpaired) electrons. The summed E-state index contributed by atoms with van der Waals surface area (Å²) < 4.78 is 0. The lowest BCUT2D eigenvalue weighted by atomic mass is 10.1. The summed E-state index contributed by atoms with van der Waals surface area (Å²) >= 11 is 5.95. The molecule has 2 rings (SSSR count). The molecule has 5 heteroatoms. The fraction of sp³-hybridized carbons (Fsp3) is 0.273. The van der Waals surface area contributed by atoms with Gasteiger partial charge in [-0.3, -0.25) is 9.79 Å². The van der Waals surface area contributed by atoms with Crippen molar-refractivity contribution in [2.24, 2.45) is 4.99 Å². The van der Waals surface area contributed by atoms with Crippen LogP contribution in [0.25, 0.3) is 0 Å². The Balaban J connectivity index is 2.62. The van der Waals surface area contributed by atoms with Crippen LogP contribution < -0.4 is 10.2 Å². The Kier molecular flexibility index (Phi) is 2.83. The first-order valence-electron chi connectivity index (χ1n) is 4.92. The quantitative estimate of drug-likeness (QED) is 0.739. The van der Waals surface area contributed by atoms with Crippen LogP contribution in [0.1, 0.15) is 5.56 Å². The van der Waals surface area contributed by atoms with Crippen LogP contribution in [0.4, 0.5) is 5.69 Å². The average Bonchev–Trinajstić information content (AvgIpc) is 2.39. The second-order valence-electron chi connectivity index (χ2n) is 3.53. The van der Waals surface area contributed by atoms with E-state index in [0.717, 1.165) is 11.3 Å². The molecule has 16 heavy (non-hydrogen) atoms. The molecule has 84 valence electrons. The molecule has 1 heterocycles. The van der Waals surface area contributed by atoms with Gasteiger partial charge in [0, 0.05) is 24.7 Å². The molecule has 0 aromatic heterocycles. The normalized spacial score (nSPS) is 15.3. The van der Waals surface area contributed by atoms with E-state index in [2.05, 4.69) is 10.3 Å². The van der Waals surface area contributed by atoms with Crippen molar-refractivity contribution in [2.75, 3.05) is 25.5 Å². The first-order chi connectivity index (χ1) is 7.63. The summed E-state index contributed by atoms with van der Waals surface area (Å²) in [6, 6.07) is 5.40. The predicted molar refractivity (Wildman–Crippen MR) is 65.3 cm³/mol. The molecule has 4 nitrogen and oxygen atoms in total. The molecule has 1 N–H and O–H groups in total. The molecule has 1 aliphatic heterocycles. The standard InChI is InChI=1S/C11H12ClN3O/c1-13-11-8-5-7(12)3-4-9(8)15(2)10(16)6-14-11/h3-5H,6H2,1-2H3,(H,13,14). The molecule has 0 saturated carbocycles. The topological polar surface area (TPSA) is 44.7 Å². The summed E-state index contributed by atoms with van der Waals surface area (Å²) in [7, 11) is 3.52. The van der Waals surface area contributed by atoms with Crippen LogP contribution in [-0.2, 0) is 4.79 Å². The van der Waals surface area contributed by atoms with Crippen LogP contribution in [0.3, 0.4) is 0 Å². The summed E-state index contributed by atoms with van der Waals surface area (Å²) in [6.45, 7) is 0.152. The van der Waals surface area contributed by atoms with Crippen LogP contribution in [0.5, 0.6) is 0 Å². The minimum atomic E-state index is -0.0335. The maximum atomic E-state index is 11.7. The minimum Gasteiger partial charge on any atom is -0.373 e. The van der Waals surface area contributed by atoms with Crippen LogP contribution in [0.15, 0.2) is 23.2 Å². The van der Waals surface area contributed by atoms with Crippen molar-refractivity contribution in [3.8, 4) is 0 Å². The third-order valence-electron chi connectivity index (χ3n) is 2.56. The number of benzene rings is 1. The van der Waals surface area contributed by atoms with Crippen molar-refractivity contribution in [2.45, 2.75) is 0 Å². The highest BCUT2D eigenvalue weighted by Crippen LogP contribution is 2.25. The van der Waals surface area contributed by atoms with Crippen molar-refractivity contribution >= 4 is 29.0 Å². The van der Waals surface area contributed by atoms with Gasteiger partial charge in [-0.25, -0.2) is 0 Å². The lowest BCUT2D eigenvalue weighted by molar-refractivity contribution is -0.116. The lowest BCUT2D eigenvalue weighted by Gasteiger charge is -2.17. The number of hydrogen-bond acceptors (Lipinski definition) is 3. The molecule has 0 bridgehead atoms. The van der Waals surface area contributed by atoms with E-state index >= 15 is 0 Å². The van der Waals surface area contributed by atoms with Crippen molar-refractivity contribution in [1.82, 2.24) is 5.32 Å². The SMILES string of the molecule is CNC1=NCC(=O)N(C)c2ccc(Cl)cc21. The summed E-state index contributed by atoms with van der Waals surface area (Å²) in [5.74, 6) is 0.657. The molecule has 1 amide bonds. The molecule has 0 atom stereocenters. The third kappa shape index (κ3) is 1.76. The Labute approximate surface area is 98.9 Å². The number of hydrogen-bond donors (Lipinski definition) is 1. The monoisotopic (exact) mass is 237 g/mol. The lowest BCUT2D eigenvalue weighted by Crippen LogP contribution is -2.27. The zero-order valence-electron chi connectivity index (χ0n) is 9.12. The number of fused-ring (bicyclic) bond motifs is 1. The smallest absolute Gasteiger partial charge is 0.248 e. The van der Waals surface area contributed by atoms with Crippen LogP contribution >= 0.6 is 11.6 Å². The zero-order chi connectivity index (χ0) is 11.7. The number of aliphatic imine (C=N–C) groups is 1. The number of halogens is 1. The number of nitrogens with zero attached hydrogens (tertiary/aromatic N) is 2. The Morgan fingerprint density at radius 1 is 1.50 bits per heavy atom. The summed E-state index contributed by atoms with van der Waals surface area (Å²) in [6.07, 6.45) is 0. The van der Waals surface area contributed by atoms with E-state index in [4.69, 9.17) is 11.6 Å². The number of carbonyl (C=O) groups is 1. The minimum absolute atomic E-state index is 0.0335. The molecule has 0 aliphatic carbocycles. The molecule has 0 saturated heterocycles. The van der Waals surface area contributed by atoms with Crippen molar-refractivity contribution < 1.29 is 4.79 Å². The fourth-order valence-electron chi connectivity index (χ4n) is 1.68. The summed E-state index contributed by atoms with van der Waals surface area (Å²) in [5, 5.41) is 3.61. The van der Waals surface area contributed by atoms with E-state index in [0.29, 0.717) is 10.9 Å². The Bertz CT molecular complexity index is 470. The number of amidine groups is 1. The summed E-state index contributed by atoms with van der Waals surface area (Å²) in [5.41, 5.74) is 1.67. The number of rotatable bonds is 0. The van der Waals surface area contributed by atoms with E-state index in [9.17, 15) is 4.79 Å². The molecular formula is C11H12ClN3O.